The van der Waals surface area contributed by atoms with Crippen molar-refractivity contribution in [1.29, 1.82) is 0 Å². The van der Waals surface area contributed by atoms with Crippen LogP contribution < -0.4 is 15.4 Å². The number of para-hydroxylation sites is 1. The Morgan fingerprint density at radius 1 is 1.40 bits per heavy atom. The summed E-state index contributed by atoms with van der Waals surface area (Å²) in [5.41, 5.74) is 1.50. The number of carbonyl (C=O) groups excluding carboxylic acids is 1. The fraction of sp³-hybridized carbons (Fsp3) is 0.533. The first-order chi connectivity index (χ1) is 9.84. The SMILES string of the molecule is O=C(NCC1CCCOC1)c1cccc2c1OCCN2. The number of anilines is 1. The minimum absolute atomic E-state index is 0.0730. The van der Waals surface area contributed by atoms with Gasteiger partial charge in [0.25, 0.3) is 5.91 Å². The van der Waals surface area contributed by atoms with Crippen molar-refractivity contribution in [2.45, 2.75) is 12.8 Å². The van der Waals surface area contributed by atoms with E-state index in [1.54, 1.807) is 6.07 Å². The van der Waals surface area contributed by atoms with Crippen molar-refractivity contribution >= 4 is 11.6 Å². The van der Waals surface area contributed by atoms with Gasteiger partial charge in [-0.2, -0.15) is 0 Å². The first-order valence-corrected chi connectivity index (χ1v) is 7.20. The second kappa shape index (κ2) is 6.13. The quantitative estimate of drug-likeness (QED) is 0.881. The summed E-state index contributed by atoms with van der Waals surface area (Å²) in [6, 6.07) is 5.61. The van der Waals surface area contributed by atoms with Crippen LogP contribution in [0.15, 0.2) is 18.2 Å². The monoisotopic (exact) mass is 276 g/mol. The van der Waals surface area contributed by atoms with Gasteiger partial charge in [-0.15, -0.1) is 0 Å². The number of benzene rings is 1. The highest BCUT2D eigenvalue weighted by molar-refractivity contribution is 5.98. The normalized spacial score (nSPS) is 21.3. The third-order valence-electron chi connectivity index (χ3n) is 3.73. The molecule has 1 saturated heterocycles. The van der Waals surface area contributed by atoms with Crippen molar-refractivity contribution in [3.05, 3.63) is 23.8 Å². The lowest BCUT2D eigenvalue weighted by molar-refractivity contribution is 0.0536. The largest absolute Gasteiger partial charge is 0.489 e. The molecule has 0 aliphatic carbocycles. The third-order valence-corrected chi connectivity index (χ3v) is 3.73. The minimum atomic E-state index is -0.0730. The number of ether oxygens (including phenoxy) is 2. The zero-order valence-corrected chi connectivity index (χ0v) is 11.5. The molecule has 1 aromatic carbocycles. The predicted octanol–water partition coefficient (Wildman–Crippen LogP) is 1.65. The van der Waals surface area contributed by atoms with Crippen molar-refractivity contribution in [3.63, 3.8) is 0 Å². The maximum atomic E-state index is 12.3. The molecule has 2 aliphatic rings. The average molecular weight is 276 g/mol. The van der Waals surface area contributed by atoms with Crippen molar-refractivity contribution in [1.82, 2.24) is 5.32 Å². The molecule has 0 spiro atoms. The summed E-state index contributed by atoms with van der Waals surface area (Å²) in [4.78, 5) is 12.3. The van der Waals surface area contributed by atoms with E-state index in [2.05, 4.69) is 10.6 Å². The molecule has 5 heteroatoms. The van der Waals surface area contributed by atoms with Gasteiger partial charge in [-0.05, 0) is 30.9 Å². The molecule has 0 aromatic heterocycles. The first kappa shape index (κ1) is 13.2. The number of carbonyl (C=O) groups is 1. The molecule has 0 bridgehead atoms. The van der Waals surface area contributed by atoms with E-state index < -0.39 is 0 Å². The van der Waals surface area contributed by atoms with Crippen molar-refractivity contribution in [3.8, 4) is 5.75 Å². The highest BCUT2D eigenvalue weighted by Crippen LogP contribution is 2.31. The van der Waals surface area contributed by atoms with Crippen LogP contribution in [0.4, 0.5) is 5.69 Å². The van der Waals surface area contributed by atoms with Crippen molar-refractivity contribution < 1.29 is 14.3 Å². The molecule has 2 aliphatic heterocycles. The van der Waals surface area contributed by atoms with Gasteiger partial charge in [0.05, 0.1) is 17.9 Å². The van der Waals surface area contributed by atoms with E-state index in [0.717, 1.165) is 38.3 Å². The number of hydrogen-bond acceptors (Lipinski definition) is 4. The molecule has 1 unspecified atom stereocenters. The molecule has 1 aromatic rings. The van der Waals surface area contributed by atoms with Crippen LogP contribution in [-0.2, 0) is 4.74 Å². The van der Waals surface area contributed by atoms with Gasteiger partial charge in [0.15, 0.2) is 5.75 Å². The van der Waals surface area contributed by atoms with Gasteiger partial charge >= 0.3 is 0 Å². The number of fused-ring (bicyclic) bond motifs is 1. The van der Waals surface area contributed by atoms with E-state index in [0.29, 0.717) is 30.4 Å². The van der Waals surface area contributed by atoms with Gasteiger partial charge in [0.2, 0.25) is 0 Å². The van der Waals surface area contributed by atoms with Crippen LogP contribution in [0, 0.1) is 5.92 Å². The van der Waals surface area contributed by atoms with Crippen LogP contribution in [0.2, 0.25) is 0 Å². The number of nitrogens with one attached hydrogen (secondary N) is 2. The molecule has 2 N–H and O–H groups in total. The smallest absolute Gasteiger partial charge is 0.255 e. The van der Waals surface area contributed by atoms with Gasteiger partial charge in [-0.25, -0.2) is 0 Å². The van der Waals surface area contributed by atoms with E-state index in [-0.39, 0.29) is 5.91 Å². The lowest BCUT2D eigenvalue weighted by Gasteiger charge is -2.24. The Kier molecular flexibility index (Phi) is 4.06. The molecule has 1 atom stereocenters. The van der Waals surface area contributed by atoms with Crippen LogP contribution in [0.3, 0.4) is 0 Å². The van der Waals surface area contributed by atoms with Gasteiger partial charge in [0, 0.05) is 19.7 Å². The lowest BCUT2D eigenvalue weighted by atomic mass is 10.0. The Labute approximate surface area is 118 Å². The zero-order valence-electron chi connectivity index (χ0n) is 11.5. The van der Waals surface area contributed by atoms with E-state index in [9.17, 15) is 4.79 Å². The van der Waals surface area contributed by atoms with E-state index in [4.69, 9.17) is 9.47 Å². The van der Waals surface area contributed by atoms with Crippen LogP contribution in [-0.4, -0.2) is 38.8 Å². The maximum Gasteiger partial charge on any atom is 0.255 e. The second-order valence-electron chi connectivity index (χ2n) is 5.25. The average Bonchev–Trinajstić information content (AvgIpc) is 2.53. The summed E-state index contributed by atoms with van der Waals surface area (Å²) < 4.78 is 11.0. The van der Waals surface area contributed by atoms with Gasteiger partial charge in [0.1, 0.15) is 6.61 Å². The van der Waals surface area contributed by atoms with E-state index >= 15 is 0 Å². The lowest BCUT2D eigenvalue weighted by Crippen LogP contribution is -2.33. The maximum absolute atomic E-state index is 12.3. The number of amides is 1. The molecule has 0 saturated carbocycles. The minimum Gasteiger partial charge on any atom is -0.489 e. The summed E-state index contributed by atoms with van der Waals surface area (Å²) in [6.07, 6.45) is 2.19. The molecule has 1 amide bonds. The predicted molar refractivity (Wildman–Crippen MR) is 76.3 cm³/mol. The topological polar surface area (TPSA) is 59.6 Å². The van der Waals surface area contributed by atoms with Gasteiger partial charge in [-0.3, -0.25) is 4.79 Å². The molecule has 3 rings (SSSR count). The van der Waals surface area contributed by atoms with E-state index in [1.165, 1.54) is 0 Å². The van der Waals surface area contributed by atoms with Crippen LogP contribution in [0.1, 0.15) is 23.2 Å². The molecule has 108 valence electrons. The van der Waals surface area contributed by atoms with Crippen LogP contribution in [0.25, 0.3) is 0 Å². The summed E-state index contributed by atoms with van der Waals surface area (Å²) in [5, 5.41) is 6.23. The first-order valence-electron chi connectivity index (χ1n) is 7.20. The summed E-state index contributed by atoms with van der Waals surface area (Å²) >= 11 is 0. The van der Waals surface area contributed by atoms with Crippen molar-refractivity contribution in [2.24, 2.45) is 5.92 Å². The Balaban J connectivity index is 1.64. The van der Waals surface area contributed by atoms with Gasteiger partial charge in [-0.1, -0.05) is 6.07 Å². The summed E-state index contributed by atoms with van der Waals surface area (Å²) in [6.45, 7) is 3.61. The highest BCUT2D eigenvalue weighted by Gasteiger charge is 2.20. The number of rotatable bonds is 3. The standard InChI is InChI=1S/C15H20N2O3/c18-15(17-9-11-3-2-7-19-10-11)12-4-1-5-13-14(12)20-8-6-16-13/h1,4-5,11,16H,2-3,6-10H2,(H,17,18). The molecule has 2 heterocycles. The molecule has 0 radical (unpaired) electrons. The molecule has 1 fully saturated rings. The summed E-state index contributed by atoms with van der Waals surface area (Å²) in [5.74, 6) is 1.01. The highest BCUT2D eigenvalue weighted by atomic mass is 16.5. The fourth-order valence-corrected chi connectivity index (χ4v) is 2.65. The van der Waals surface area contributed by atoms with Gasteiger partial charge < -0.3 is 20.1 Å². The Morgan fingerprint density at radius 3 is 3.20 bits per heavy atom. The fourth-order valence-electron chi connectivity index (χ4n) is 2.65. The molecular weight excluding hydrogens is 256 g/mol. The molecule has 5 nitrogen and oxygen atoms in total. The van der Waals surface area contributed by atoms with E-state index in [1.807, 2.05) is 12.1 Å². The number of hydrogen-bond donors (Lipinski definition) is 2. The van der Waals surface area contributed by atoms with Crippen molar-refractivity contribution in [2.75, 3.05) is 38.2 Å². The Morgan fingerprint density at radius 2 is 2.35 bits per heavy atom. The van der Waals surface area contributed by atoms with Crippen LogP contribution in [0.5, 0.6) is 5.75 Å². The summed E-state index contributed by atoms with van der Waals surface area (Å²) in [7, 11) is 0. The Bertz CT molecular complexity index is 484. The van der Waals surface area contributed by atoms with Crippen LogP contribution >= 0.6 is 0 Å². The zero-order chi connectivity index (χ0) is 13.8. The second-order valence-corrected chi connectivity index (χ2v) is 5.25. The Hall–Kier alpha value is -1.75. The molecular formula is C15H20N2O3. The molecule has 20 heavy (non-hydrogen) atoms. The third kappa shape index (κ3) is 2.88.